The maximum atomic E-state index is 4.46. The molecule has 0 bridgehead atoms. The Labute approximate surface area is 219 Å². The van der Waals surface area contributed by atoms with Crippen molar-refractivity contribution in [1.82, 2.24) is 14.1 Å². The quantitative estimate of drug-likeness (QED) is 0.245. The Morgan fingerprint density at radius 3 is 1.89 bits per heavy atom. The Hall–Kier alpha value is -5.15. The SMILES string of the molecule is c1ccc(-n2c3ccc(-c4cccc5c4c4ccccc4n5-c4ccccc4)cc3c3ccncc32)cc1. The molecule has 0 spiro atoms. The number of rotatable bonds is 3. The average Bonchev–Trinajstić information content (AvgIpc) is 3.51. The second-order valence-electron chi connectivity index (χ2n) is 9.68. The molecule has 0 unspecified atom stereocenters. The van der Waals surface area contributed by atoms with Crippen LogP contribution in [0.2, 0.25) is 0 Å². The Kier molecular flexibility index (Phi) is 4.52. The summed E-state index contributed by atoms with van der Waals surface area (Å²) >= 11 is 0. The van der Waals surface area contributed by atoms with E-state index in [1.165, 1.54) is 54.9 Å². The Morgan fingerprint density at radius 1 is 0.447 bits per heavy atom. The summed E-state index contributed by atoms with van der Waals surface area (Å²) in [6.45, 7) is 0. The second kappa shape index (κ2) is 8.19. The fourth-order valence-corrected chi connectivity index (χ4v) is 6.01. The van der Waals surface area contributed by atoms with Gasteiger partial charge in [0.25, 0.3) is 0 Å². The summed E-state index contributed by atoms with van der Waals surface area (Å²) in [5.74, 6) is 0. The molecule has 3 heteroatoms. The van der Waals surface area contributed by atoms with Crippen LogP contribution < -0.4 is 0 Å². The van der Waals surface area contributed by atoms with Crippen molar-refractivity contribution in [1.29, 1.82) is 0 Å². The van der Waals surface area contributed by atoms with E-state index in [-0.39, 0.29) is 0 Å². The molecule has 8 aromatic rings. The van der Waals surface area contributed by atoms with Crippen molar-refractivity contribution in [2.45, 2.75) is 0 Å². The van der Waals surface area contributed by atoms with Crippen molar-refractivity contribution in [2.24, 2.45) is 0 Å². The number of aromatic nitrogens is 3. The van der Waals surface area contributed by atoms with Gasteiger partial charge in [-0.2, -0.15) is 0 Å². The third kappa shape index (κ3) is 2.99. The van der Waals surface area contributed by atoms with Gasteiger partial charge in [-0.05, 0) is 65.7 Å². The van der Waals surface area contributed by atoms with Crippen LogP contribution in [0.15, 0.2) is 140 Å². The zero-order valence-electron chi connectivity index (χ0n) is 20.6. The molecule has 0 saturated heterocycles. The highest BCUT2D eigenvalue weighted by Crippen LogP contribution is 2.40. The highest BCUT2D eigenvalue weighted by molar-refractivity contribution is 6.17. The van der Waals surface area contributed by atoms with Gasteiger partial charge in [0.05, 0.1) is 28.3 Å². The normalized spacial score (nSPS) is 11.7. The standard InChI is InChI=1S/C35H23N3/c1-3-10-25(11-4-1)37-31-16-8-7-14-29(31)35-27(15-9-17-33(35)37)24-18-19-32-30(22-24)28-20-21-36-23-34(28)38(32)26-12-5-2-6-13-26/h1-23H. The monoisotopic (exact) mass is 485 g/mol. The molecule has 178 valence electrons. The maximum Gasteiger partial charge on any atom is 0.0724 e. The topological polar surface area (TPSA) is 22.8 Å². The summed E-state index contributed by atoms with van der Waals surface area (Å²) < 4.78 is 4.68. The van der Waals surface area contributed by atoms with Gasteiger partial charge in [0.1, 0.15) is 0 Å². The first-order valence-electron chi connectivity index (χ1n) is 12.9. The summed E-state index contributed by atoms with van der Waals surface area (Å²) in [5.41, 5.74) is 9.49. The maximum absolute atomic E-state index is 4.46. The Bertz CT molecular complexity index is 2120. The van der Waals surface area contributed by atoms with Gasteiger partial charge in [0.2, 0.25) is 0 Å². The number of nitrogens with zero attached hydrogens (tertiary/aromatic N) is 3. The molecule has 0 N–H and O–H groups in total. The number of pyridine rings is 1. The molecule has 0 saturated carbocycles. The van der Waals surface area contributed by atoms with Crippen LogP contribution in [0.3, 0.4) is 0 Å². The molecule has 3 nitrogen and oxygen atoms in total. The number of benzene rings is 5. The van der Waals surface area contributed by atoms with E-state index in [0.29, 0.717) is 0 Å². The summed E-state index contributed by atoms with van der Waals surface area (Å²) in [6, 6.07) is 45.5. The van der Waals surface area contributed by atoms with E-state index in [4.69, 9.17) is 0 Å². The number of fused-ring (bicyclic) bond motifs is 6. The minimum Gasteiger partial charge on any atom is -0.309 e. The summed E-state index contributed by atoms with van der Waals surface area (Å²) in [6.07, 6.45) is 3.86. The molecule has 0 fully saturated rings. The Balaban J connectivity index is 1.44. The van der Waals surface area contributed by atoms with Gasteiger partial charge >= 0.3 is 0 Å². The number of hydrogen-bond acceptors (Lipinski definition) is 1. The van der Waals surface area contributed by atoms with E-state index in [9.17, 15) is 0 Å². The van der Waals surface area contributed by atoms with Crippen molar-refractivity contribution in [3.05, 3.63) is 140 Å². The zero-order chi connectivity index (χ0) is 25.1. The van der Waals surface area contributed by atoms with Crippen LogP contribution in [0, 0.1) is 0 Å². The van der Waals surface area contributed by atoms with Crippen molar-refractivity contribution in [3.8, 4) is 22.5 Å². The predicted octanol–water partition coefficient (Wildman–Crippen LogP) is 8.94. The van der Waals surface area contributed by atoms with Crippen LogP contribution in [0.4, 0.5) is 0 Å². The smallest absolute Gasteiger partial charge is 0.0724 e. The first-order chi connectivity index (χ1) is 18.9. The van der Waals surface area contributed by atoms with E-state index in [1.54, 1.807) is 0 Å². The van der Waals surface area contributed by atoms with Crippen molar-refractivity contribution in [3.63, 3.8) is 0 Å². The molecular weight excluding hydrogens is 462 g/mol. The first kappa shape index (κ1) is 21.0. The Morgan fingerprint density at radius 2 is 1.11 bits per heavy atom. The van der Waals surface area contributed by atoms with Gasteiger partial charge in [-0.25, -0.2) is 0 Å². The van der Waals surface area contributed by atoms with E-state index in [2.05, 4.69) is 142 Å². The molecule has 0 aliphatic heterocycles. The summed E-state index contributed by atoms with van der Waals surface area (Å²) in [5, 5.41) is 4.98. The first-order valence-corrected chi connectivity index (χ1v) is 12.9. The molecule has 38 heavy (non-hydrogen) atoms. The highest BCUT2D eigenvalue weighted by atomic mass is 15.0. The molecule has 3 aromatic heterocycles. The van der Waals surface area contributed by atoms with Crippen LogP contribution in [-0.4, -0.2) is 14.1 Å². The number of para-hydroxylation sites is 3. The van der Waals surface area contributed by atoms with E-state index in [0.717, 1.165) is 11.2 Å². The van der Waals surface area contributed by atoms with Crippen LogP contribution in [0.5, 0.6) is 0 Å². The van der Waals surface area contributed by atoms with Gasteiger partial charge in [0.15, 0.2) is 0 Å². The van der Waals surface area contributed by atoms with Gasteiger partial charge < -0.3 is 9.13 Å². The second-order valence-corrected chi connectivity index (χ2v) is 9.68. The average molecular weight is 486 g/mol. The van der Waals surface area contributed by atoms with Crippen LogP contribution in [0.1, 0.15) is 0 Å². The van der Waals surface area contributed by atoms with Crippen molar-refractivity contribution >= 4 is 43.6 Å². The fraction of sp³-hybridized carbons (Fsp3) is 0. The zero-order valence-corrected chi connectivity index (χ0v) is 20.6. The van der Waals surface area contributed by atoms with E-state index < -0.39 is 0 Å². The van der Waals surface area contributed by atoms with Gasteiger partial charge in [-0.1, -0.05) is 72.8 Å². The summed E-state index contributed by atoms with van der Waals surface area (Å²) in [7, 11) is 0. The molecule has 0 aliphatic rings. The minimum atomic E-state index is 1.12. The highest BCUT2D eigenvalue weighted by Gasteiger charge is 2.18. The van der Waals surface area contributed by atoms with Crippen molar-refractivity contribution < 1.29 is 0 Å². The van der Waals surface area contributed by atoms with Gasteiger partial charge in [-0.3, -0.25) is 4.98 Å². The molecule has 0 amide bonds. The molecular formula is C35H23N3. The molecule has 5 aromatic carbocycles. The van der Waals surface area contributed by atoms with E-state index >= 15 is 0 Å². The van der Waals surface area contributed by atoms with E-state index in [1.807, 2.05) is 12.4 Å². The summed E-state index contributed by atoms with van der Waals surface area (Å²) in [4.78, 5) is 4.46. The molecule has 0 atom stereocenters. The third-order valence-electron chi connectivity index (χ3n) is 7.61. The lowest BCUT2D eigenvalue weighted by Gasteiger charge is -2.10. The van der Waals surface area contributed by atoms with Gasteiger partial charge in [0, 0.05) is 39.1 Å². The van der Waals surface area contributed by atoms with Crippen LogP contribution in [-0.2, 0) is 0 Å². The largest absolute Gasteiger partial charge is 0.309 e. The predicted molar refractivity (Wildman–Crippen MR) is 158 cm³/mol. The van der Waals surface area contributed by atoms with Crippen LogP contribution >= 0.6 is 0 Å². The lowest BCUT2D eigenvalue weighted by atomic mass is 9.98. The molecule has 0 aliphatic carbocycles. The van der Waals surface area contributed by atoms with Crippen LogP contribution in [0.25, 0.3) is 66.1 Å². The molecule has 3 heterocycles. The lowest BCUT2D eigenvalue weighted by molar-refractivity contribution is 1.17. The number of hydrogen-bond donors (Lipinski definition) is 0. The minimum absolute atomic E-state index is 1.12. The van der Waals surface area contributed by atoms with Gasteiger partial charge in [-0.15, -0.1) is 0 Å². The molecule has 8 rings (SSSR count). The fourth-order valence-electron chi connectivity index (χ4n) is 6.01. The molecule has 0 radical (unpaired) electrons. The lowest BCUT2D eigenvalue weighted by Crippen LogP contribution is -1.93. The third-order valence-corrected chi connectivity index (χ3v) is 7.61. The van der Waals surface area contributed by atoms with Crippen molar-refractivity contribution in [2.75, 3.05) is 0 Å².